The summed E-state index contributed by atoms with van der Waals surface area (Å²) in [5.41, 5.74) is 4.49. The van der Waals surface area contributed by atoms with Crippen molar-refractivity contribution in [2.45, 2.75) is 50.7 Å². The molecule has 0 amide bonds. The number of rotatable bonds is 3. The first kappa shape index (κ1) is 13.0. The van der Waals surface area contributed by atoms with Crippen molar-refractivity contribution in [1.29, 1.82) is 0 Å². The Morgan fingerprint density at radius 1 is 1.35 bits per heavy atom. The number of hydrogen-bond donors (Lipinski definition) is 1. The maximum atomic E-state index is 3.66. The van der Waals surface area contributed by atoms with E-state index in [1.54, 1.807) is 0 Å². The van der Waals surface area contributed by atoms with Crippen LogP contribution in [0.3, 0.4) is 0 Å². The van der Waals surface area contributed by atoms with Crippen LogP contribution >= 0.6 is 11.8 Å². The van der Waals surface area contributed by atoms with Gasteiger partial charge in [0, 0.05) is 16.5 Å². The van der Waals surface area contributed by atoms with Crippen molar-refractivity contribution in [3.8, 4) is 0 Å². The normalized spacial score (nSPS) is 22.2. The zero-order valence-electron chi connectivity index (χ0n) is 11.3. The van der Waals surface area contributed by atoms with E-state index in [0.717, 1.165) is 18.7 Å². The average Bonchev–Trinajstić information content (AvgIpc) is 2.32. The summed E-state index contributed by atoms with van der Waals surface area (Å²) in [6.45, 7) is 10.2. The zero-order valence-corrected chi connectivity index (χ0v) is 12.2. The molecule has 2 rings (SSSR count). The van der Waals surface area contributed by atoms with Gasteiger partial charge < -0.3 is 5.32 Å². The number of hydrogen-bond acceptors (Lipinski definition) is 2. The highest BCUT2D eigenvalue weighted by atomic mass is 32.2. The Bertz CT molecular complexity index is 398. The quantitative estimate of drug-likeness (QED) is 0.871. The number of benzene rings is 1. The zero-order chi connectivity index (χ0) is 12.5. The third kappa shape index (κ3) is 2.53. The van der Waals surface area contributed by atoms with Crippen LogP contribution in [0.1, 0.15) is 50.4 Å². The number of aryl methyl sites for hydroxylation is 1. The highest BCUT2D eigenvalue weighted by Gasteiger charge is 2.35. The third-order valence-electron chi connectivity index (χ3n) is 3.63. The lowest BCUT2D eigenvalue weighted by Crippen LogP contribution is -2.39. The molecule has 0 aliphatic carbocycles. The molecule has 0 aromatic heterocycles. The van der Waals surface area contributed by atoms with Gasteiger partial charge in [-0.05, 0) is 43.5 Å². The summed E-state index contributed by atoms with van der Waals surface area (Å²) in [5, 5.41) is 3.66. The molecule has 17 heavy (non-hydrogen) atoms. The molecule has 1 heterocycles. The molecule has 0 saturated heterocycles. The summed E-state index contributed by atoms with van der Waals surface area (Å²) in [6, 6.07) is 7.48. The van der Waals surface area contributed by atoms with Gasteiger partial charge in [-0.15, -0.1) is 11.8 Å². The van der Waals surface area contributed by atoms with Crippen molar-refractivity contribution in [1.82, 2.24) is 5.32 Å². The molecule has 1 aromatic carbocycles. The Balaban J connectivity index is 2.42. The van der Waals surface area contributed by atoms with Gasteiger partial charge in [-0.1, -0.05) is 32.0 Å². The molecule has 0 spiro atoms. The van der Waals surface area contributed by atoms with Crippen molar-refractivity contribution in [2.75, 3.05) is 6.54 Å². The van der Waals surface area contributed by atoms with Crippen LogP contribution in [0.15, 0.2) is 18.2 Å². The van der Waals surface area contributed by atoms with Gasteiger partial charge in [0.25, 0.3) is 0 Å². The first-order valence-electron chi connectivity index (χ1n) is 6.57. The minimum absolute atomic E-state index is 0.287. The third-order valence-corrected chi connectivity index (χ3v) is 5.07. The fraction of sp³-hybridized carbons (Fsp3) is 0.600. The molecule has 1 nitrogen and oxygen atoms in total. The van der Waals surface area contributed by atoms with E-state index in [4.69, 9.17) is 0 Å². The molecule has 1 aliphatic heterocycles. The van der Waals surface area contributed by atoms with Gasteiger partial charge in [0.2, 0.25) is 0 Å². The maximum absolute atomic E-state index is 3.66. The SMILES string of the molecule is CCNC1c2cc(CC)ccc2CSC1(C)C. The Hall–Kier alpha value is -0.470. The first-order chi connectivity index (χ1) is 8.08. The van der Waals surface area contributed by atoms with E-state index in [1.807, 2.05) is 0 Å². The predicted octanol–water partition coefficient (Wildman–Crippen LogP) is 3.93. The number of thioether (sulfide) groups is 1. The van der Waals surface area contributed by atoms with Crippen LogP contribution in [-0.4, -0.2) is 11.3 Å². The second-order valence-electron chi connectivity index (χ2n) is 5.27. The van der Waals surface area contributed by atoms with E-state index < -0.39 is 0 Å². The van der Waals surface area contributed by atoms with Gasteiger partial charge in [-0.3, -0.25) is 0 Å². The summed E-state index contributed by atoms with van der Waals surface area (Å²) in [4.78, 5) is 0. The molecule has 0 bridgehead atoms. The lowest BCUT2D eigenvalue weighted by molar-refractivity contribution is 0.449. The van der Waals surface area contributed by atoms with Crippen molar-refractivity contribution in [3.05, 3.63) is 34.9 Å². The van der Waals surface area contributed by atoms with Crippen LogP contribution in [0, 0.1) is 0 Å². The minimum Gasteiger partial charge on any atom is -0.309 e. The van der Waals surface area contributed by atoms with Crippen LogP contribution in [-0.2, 0) is 12.2 Å². The molecule has 1 aliphatic rings. The summed E-state index contributed by atoms with van der Waals surface area (Å²) in [6.07, 6.45) is 1.12. The molecule has 0 fully saturated rings. The molecule has 1 atom stereocenters. The molecule has 0 saturated carbocycles. The molecule has 0 radical (unpaired) electrons. The second-order valence-corrected chi connectivity index (χ2v) is 6.90. The molecule has 1 aromatic rings. The van der Waals surface area contributed by atoms with Crippen LogP contribution in [0.2, 0.25) is 0 Å². The van der Waals surface area contributed by atoms with E-state index in [1.165, 1.54) is 16.7 Å². The van der Waals surface area contributed by atoms with E-state index in [9.17, 15) is 0 Å². The number of nitrogens with one attached hydrogen (secondary N) is 1. The lowest BCUT2D eigenvalue weighted by Gasteiger charge is -2.40. The summed E-state index contributed by atoms with van der Waals surface area (Å²) in [7, 11) is 0. The van der Waals surface area contributed by atoms with Crippen LogP contribution in [0.5, 0.6) is 0 Å². The standard InChI is InChI=1S/C15H23NS/c1-5-11-7-8-12-10-17-15(3,4)14(16-6-2)13(12)9-11/h7-9,14,16H,5-6,10H2,1-4H3. The maximum Gasteiger partial charge on any atom is 0.0467 e. The summed E-state index contributed by atoms with van der Waals surface area (Å²) in [5.74, 6) is 1.15. The van der Waals surface area contributed by atoms with Gasteiger partial charge in [0.1, 0.15) is 0 Å². The van der Waals surface area contributed by atoms with Gasteiger partial charge in [-0.2, -0.15) is 0 Å². The monoisotopic (exact) mass is 249 g/mol. The van der Waals surface area contributed by atoms with Crippen LogP contribution in [0.4, 0.5) is 0 Å². The molecular weight excluding hydrogens is 226 g/mol. The Morgan fingerprint density at radius 3 is 2.76 bits per heavy atom. The van der Waals surface area contributed by atoms with Crippen LogP contribution in [0.25, 0.3) is 0 Å². The predicted molar refractivity (Wildman–Crippen MR) is 77.6 cm³/mol. The minimum atomic E-state index is 0.287. The van der Waals surface area contributed by atoms with Gasteiger partial charge in [0.15, 0.2) is 0 Å². The largest absolute Gasteiger partial charge is 0.309 e. The molecule has 2 heteroatoms. The Kier molecular flexibility index (Phi) is 3.84. The summed E-state index contributed by atoms with van der Waals surface area (Å²) < 4.78 is 0.287. The fourth-order valence-electron chi connectivity index (χ4n) is 2.55. The smallest absolute Gasteiger partial charge is 0.0467 e. The van der Waals surface area contributed by atoms with E-state index in [-0.39, 0.29) is 4.75 Å². The highest BCUT2D eigenvalue weighted by molar-refractivity contribution is 8.00. The highest BCUT2D eigenvalue weighted by Crippen LogP contribution is 2.45. The fourth-order valence-corrected chi connectivity index (χ4v) is 3.71. The van der Waals surface area contributed by atoms with Crippen molar-refractivity contribution in [3.63, 3.8) is 0 Å². The molecule has 1 unspecified atom stereocenters. The number of fused-ring (bicyclic) bond motifs is 1. The van der Waals surface area contributed by atoms with Crippen molar-refractivity contribution < 1.29 is 0 Å². The van der Waals surface area contributed by atoms with Gasteiger partial charge in [-0.25, -0.2) is 0 Å². The second kappa shape index (κ2) is 5.03. The first-order valence-corrected chi connectivity index (χ1v) is 7.56. The molecule has 1 N–H and O–H groups in total. The van der Waals surface area contributed by atoms with Crippen molar-refractivity contribution >= 4 is 11.8 Å². The molecule has 94 valence electrons. The van der Waals surface area contributed by atoms with E-state index >= 15 is 0 Å². The Morgan fingerprint density at radius 2 is 2.12 bits per heavy atom. The molecular formula is C15H23NS. The van der Waals surface area contributed by atoms with Gasteiger partial charge in [0.05, 0.1) is 0 Å². The van der Waals surface area contributed by atoms with Crippen LogP contribution < -0.4 is 5.32 Å². The van der Waals surface area contributed by atoms with E-state index in [0.29, 0.717) is 6.04 Å². The lowest BCUT2D eigenvalue weighted by atomic mass is 9.89. The van der Waals surface area contributed by atoms with Gasteiger partial charge >= 0.3 is 0 Å². The van der Waals surface area contributed by atoms with Crippen molar-refractivity contribution in [2.24, 2.45) is 0 Å². The van der Waals surface area contributed by atoms with E-state index in [2.05, 4.69) is 63.0 Å². The average molecular weight is 249 g/mol. The Labute approximate surface area is 109 Å². The summed E-state index contributed by atoms with van der Waals surface area (Å²) >= 11 is 2.06. The topological polar surface area (TPSA) is 12.0 Å².